The molecule has 0 aliphatic rings. The third-order valence-electron chi connectivity index (χ3n) is 2.79. The molecule has 0 aliphatic carbocycles. The molecule has 0 amide bonds. The van der Waals surface area contributed by atoms with Crippen LogP contribution >= 0.6 is 23.2 Å². The van der Waals surface area contributed by atoms with E-state index in [1.165, 1.54) is 0 Å². The van der Waals surface area contributed by atoms with E-state index in [0.29, 0.717) is 10.0 Å². The minimum atomic E-state index is 0.693. The van der Waals surface area contributed by atoms with Crippen LogP contribution in [0.15, 0.2) is 54.6 Å². The third kappa shape index (κ3) is 2.07. The van der Waals surface area contributed by atoms with E-state index in [9.17, 15) is 0 Å². The number of nitrogens with zero attached hydrogens (tertiary/aromatic N) is 1. The molecule has 2 aromatic carbocycles. The molecule has 0 N–H and O–H groups in total. The van der Waals surface area contributed by atoms with Gasteiger partial charge in [0.15, 0.2) is 0 Å². The van der Waals surface area contributed by atoms with Crippen molar-refractivity contribution in [2.24, 2.45) is 0 Å². The van der Waals surface area contributed by atoms with Crippen molar-refractivity contribution in [3.8, 4) is 11.3 Å². The Bertz CT molecular complexity index is 723. The second-order valence-electron chi connectivity index (χ2n) is 4.02. The van der Waals surface area contributed by atoms with Gasteiger partial charge in [-0.15, -0.1) is 0 Å². The number of para-hydroxylation sites is 1. The zero-order valence-electron chi connectivity index (χ0n) is 9.40. The molecule has 3 heteroatoms. The maximum Gasteiger partial charge on any atom is 0.0725 e. The average molecular weight is 274 g/mol. The van der Waals surface area contributed by atoms with E-state index in [2.05, 4.69) is 4.98 Å². The summed E-state index contributed by atoms with van der Waals surface area (Å²) in [6.45, 7) is 0. The summed E-state index contributed by atoms with van der Waals surface area (Å²) in [5, 5.41) is 2.36. The first-order valence-electron chi connectivity index (χ1n) is 5.55. The van der Waals surface area contributed by atoms with E-state index >= 15 is 0 Å². The Morgan fingerprint density at radius 1 is 0.833 bits per heavy atom. The van der Waals surface area contributed by atoms with Crippen molar-refractivity contribution in [2.75, 3.05) is 0 Å². The van der Waals surface area contributed by atoms with Gasteiger partial charge in [0.2, 0.25) is 0 Å². The Kier molecular flexibility index (Phi) is 2.94. The van der Waals surface area contributed by atoms with Crippen molar-refractivity contribution in [3.63, 3.8) is 0 Å². The number of aromatic nitrogens is 1. The lowest BCUT2D eigenvalue weighted by Crippen LogP contribution is -1.86. The SMILES string of the molecule is Clc1cccc(-c2cc(Cl)c3ccccc3n2)c1. The summed E-state index contributed by atoms with van der Waals surface area (Å²) in [6, 6.07) is 17.3. The van der Waals surface area contributed by atoms with Gasteiger partial charge >= 0.3 is 0 Å². The van der Waals surface area contributed by atoms with Gasteiger partial charge in [-0.1, -0.05) is 53.5 Å². The predicted octanol–water partition coefficient (Wildman–Crippen LogP) is 5.21. The Morgan fingerprint density at radius 3 is 2.50 bits per heavy atom. The highest BCUT2D eigenvalue weighted by molar-refractivity contribution is 6.35. The number of pyridine rings is 1. The lowest BCUT2D eigenvalue weighted by atomic mass is 10.1. The lowest BCUT2D eigenvalue weighted by molar-refractivity contribution is 1.40. The Morgan fingerprint density at radius 2 is 1.67 bits per heavy atom. The number of benzene rings is 2. The van der Waals surface area contributed by atoms with Crippen molar-refractivity contribution in [1.82, 2.24) is 4.98 Å². The molecular weight excluding hydrogens is 265 g/mol. The summed E-state index contributed by atoms with van der Waals surface area (Å²) >= 11 is 12.3. The maximum absolute atomic E-state index is 6.28. The fourth-order valence-electron chi connectivity index (χ4n) is 1.93. The maximum atomic E-state index is 6.28. The highest BCUT2D eigenvalue weighted by Gasteiger charge is 2.05. The van der Waals surface area contributed by atoms with Crippen molar-refractivity contribution >= 4 is 34.1 Å². The number of halogens is 2. The molecule has 18 heavy (non-hydrogen) atoms. The van der Waals surface area contributed by atoms with Gasteiger partial charge in [-0.05, 0) is 24.3 Å². The zero-order valence-corrected chi connectivity index (χ0v) is 10.9. The van der Waals surface area contributed by atoms with E-state index in [-0.39, 0.29) is 0 Å². The Hall–Kier alpha value is -1.57. The molecule has 88 valence electrons. The average Bonchev–Trinajstić information content (AvgIpc) is 2.39. The van der Waals surface area contributed by atoms with Crippen LogP contribution in [0.1, 0.15) is 0 Å². The van der Waals surface area contributed by atoms with E-state index < -0.39 is 0 Å². The normalized spacial score (nSPS) is 10.8. The van der Waals surface area contributed by atoms with Gasteiger partial charge in [0.1, 0.15) is 0 Å². The van der Waals surface area contributed by atoms with Crippen LogP contribution in [0.4, 0.5) is 0 Å². The third-order valence-corrected chi connectivity index (χ3v) is 3.33. The molecule has 1 aromatic heterocycles. The van der Waals surface area contributed by atoms with Gasteiger partial charge in [0, 0.05) is 16.0 Å². The zero-order chi connectivity index (χ0) is 12.5. The van der Waals surface area contributed by atoms with Crippen LogP contribution in [-0.2, 0) is 0 Å². The number of hydrogen-bond acceptors (Lipinski definition) is 1. The van der Waals surface area contributed by atoms with E-state index in [1.54, 1.807) is 0 Å². The fraction of sp³-hybridized carbons (Fsp3) is 0. The molecule has 0 spiro atoms. The topological polar surface area (TPSA) is 12.9 Å². The number of hydrogen-bond donors (Lipinski definition) is 0. The molecule has 0 aliphatic heterocycles. The second kappa shape index (κ2) is 4.60. The largest absolute Gasteiger partial charge is 0.248 e. The molecule has 3 rings (SSSR count). The minimum absolute atomic E-state index is 0.693. The lowest BCUT2D eigenvalue weighted by Gasteiger charge is -2.05. The molecule has 0 fully saturated rings. The van der Waals surface area contributed by atoms with Gasteiger partial charge in [-0.3, -0.25) is 0 Å². The molecule has 0 saturated heterocycles. The van der Waals surface area contributed by atoms with Crippen LogP contribution in [0, 0.1) is 0 Å². The Balaban J connectivity index is 2.24. The standard InChI is InChI=1S/C15H9Cl2N/c16-11-5-3-4-10(8-11)15-9-13(17)12-6-1-2-7-14(12)18-15/h1-9H. The van der Waals surface area contributed by atoms with Crippen molar-refractivity contribution in [1.29, 1.82) is 0 Å². The predicted molar refractivity (Wildman–Crippen MR) is 77.2 cm³/mol. The number of rotatable bonds is 1. The summed E-state index contributed by atoms with van der Waals surface area (Å²) in [6.07, 6.45) is 0. The molecular formula is C15H9Cl2N. The fourth-order valence-corrected chi connectivity index (χ4v) is 2.38. The van der Waals surface area contributed by atoms with E-state index in [4.69, 9.17) is 23.2 Å². The van der Waals surface area contributed by atoms with Crippen LogP contribution in [0.5, 0.6) is 0 Å². The summed E-state index contributed by atoms with van der Waals surface area (Å²) in [5.41, 5.74) is 2.69. The van der Waals surface area contributed by atoms with Crippen molar-refractivity contribution < 1.29 is 0 Å². The highest BCUT2D eigenvalue weighted by atomic mass is 35.5. The molecule has 0 unspecified atom stereocenters. The molecule has 0 bridgehead atoms. The van der Waals surface area contributed by atoms with Crippen LogP contribution in [-0.4, -0.2) is 4.98 Å². The smallest absolute Gasteiger partial charge is 0.0725 e. The van der Waals surface area contributed by atoms with Gasteiger partial charge in [-0.25, -0.2) is 4.98 Å². The first-order chi connectivity index (χ1) is 8.74. The molecule has 0 saturated carbocycles. The van der Waals surface area contributed by atoms with Gasteiger partial charge in [-0.2, -0.15) is 0 Å². The van der Waals surface area contributed by atoms with Crippen molar-refractivity contribution in [2.45, 2.75) is 0 Å². The van der Waals surface area contributed by atoms with Gasteiger partial charge < -0.3 is 0 Å². The monoisotopic (exact) mass is 273 g/mol. The quantitative estimate of drug-likeness (QED) is 0.593. The van der Waals surface area contributed by atoms with Crippen LogP contribution in [0.2, 0.25) is 10.0 Å². The number of fused-ring (bicyclic) bond motifs is 1. The first kappa shape index (κ1) is 11.5. The molecule has 0 radical (unpaired) electrons. The van der Waals surface area contributed by atoms with Crippen LogP contribution < -0.4 is 0 Å². The second-order valence-corrected chi connectivity index (χ2v) is 4.86. The van der Waals surface area contributed by atoms with Gasteiger partial charge in [0.25, 0.3) is 0 Å². The first-order valence-corrected chi connectivity index (χ1v) is 6.31. The minimum Gasteiger partial charge on any atom is -0.248 e. The van der Waals surface area contributed by atoms with Crippen LogP contribution in [0.25, 0.3) is 22.2 Å². The summed E-state index contributed by atoms with van der Waals surface area (Å²) in [7, 11) is 0. The van der Waals surface area contributed by atoms with E-state index in [1.807, 2.05) is 54.6 Å². The van der Waals surface area contributed by atoms with Crippen molar-refractivity contribution in [3.05, 3.63) is 64.6 Å². The van der Waals surface area contributed by atoms with E-state index in [0.717, 1.165) is 22.2 Å². The van der Waals surface area contributed by atoms with Gasteiger partial charge in [0.05, 0.1) is 16.2 Å². The molecule has 1 heterocycles. The Labute approximate surface area is 115 Å². The summed E-state index contributed by atoms with van der Waals surface area (Å²) in [5.74, 6) is 0. The molecule has 0 atom stereocenters. The summed E-state index contributed by atoms with van der Waals surface area (Å²) in [4.78, 5) is 4.60. The summed E-state index contributed by atoms with van der Waals surface area (Å²) < 4.78 is 0. The van der Waals surface area contributed by atoms with Crippen LogP contribution in [0.3, 0.4) is 0 Å². The molecule has 3 aromatic rings. The molecule has 1 nitrogen and oxygen atoms in total. The highest BCUT2D eigenvalue weighted by Crippen LogP contribution is 2.28.